The van der Waals surface area contributed by atoms with E-state index < -0.39 is 0 Å². The van der Waals surface area contributed by atoms with Gasteiger partial charge in [-0.2, -0.15) is 0 Å². The summed E-state index contributed by atoms with van der Waals surface area (Å²) in [7, 11) is 0. The van der Waals surface area contributed by atoms with Gasteiger partial charge in [0.1, 0.15) is 0 Å². The molecule has 2 unspecified atom stereocenters. The van der Waals surface area contributed by atoms with Crippen molar-refractivity contribution < 1.29 is 9.59 Å². The van der Waals surface area contributed by atoms with Crippen molar-refractivity contribution in [1.29, 1.82) is 0 Å². The Hall–Kier alpha value is -2.33. The van der Waals surface area contributed by atoms with E-state index in [1.165, 1.54) is 0 Å². The molecule has 1 aliphatic carbocycles. The van der Waals surface area contributed by atoms with Crippen LogP contribution in [0.3, 0.4) is 0 Å². The summed E-state index contributed by atoms with van der Waals surface area (Å²) in [6, 6.07) is 11.3. The van der Waals surface area contributed by atoms with Crippen molar-refractivity contribution in [1.82, 2.24) is 0 Å². The van der Waals surface area contributed by atoms with E-state index in [0.29, 0.717) is 17.1 Å². The summed E-state index contributed by atoms with van der Waals surface area (Å²) in [4.78, 5) is 24.8. The van der Waals surface area contributed by atoms with E-state index in [2.05, 4.69) is 16.7 Å². The predicted molar refractivity (Wildman–Crippen MR) is 101 cm³/mol. The topological polar surface area (TPSA) is 58.2 Å². The van der Waals surface area contributed by atoms with Gasteiger partial charge in [-0.15, -0.1) is 0 Å². The van der Waals surface area contributed by atoms with Gasteiger partial charge in [0.15, 0.2) is 0 Å². The summed E-state index contributed by atoms with van der Waals surface area (Å²) in [6.45, 7) is 5.88. The van der Waals surface area contributed by atoms with Crippen molar-refractivity contribution in [2.75, 3.05) is 10.6 Å². The maximum Gasteiger partial charge on any atom is 0.228 e. The van der Waals surface area contributed by atoms with Gasteiger partial charge in [0, 0.05) is 16.4 Å². The minimum absolute atomic E-state index is 0.104. The fourth-order valence-electron chi connectivity index (χ4n) is 3.01. The van der Waals surface area contributed by atoms with Crippen molar-refractivity contribution in [3.63, 3.8) is 0 Å². The summed E-state index contributed by atoms with van der Waals surface area (Å²) < 4.78 is 0. The minimum Gasteiger partial charge on any atom is -0.326 e. The molecule has 130 valence electrons. The van der Waals surface area contributed by atoms with E-state index in [1.54, 1.807) is 12.1 Å². The molecule has 0 bridgehead atoms. The molecule has 1 aliphatic rings. The molecule has 0 saturated heterocycles. The van der Waals surface area contributed by atoms with Gasteiger partial charge in [-0.25, -0.2) is 0 Å². The van der Waals surface area contributed by atoms with Crippen LogP contribution in [0.25, 0.3) is 0 Å². The molecule has 5 heteroatoms. The standard InChI is InChI=1S/C20H21ClN2O2/c1-11-6-12(2)8-15(7-11)22-19(24)16-10-17(16)20(25)23-18-9-14(21)5-4-13(18)3/h4-9,16-17H,10H2,1-3H3,(H,22,24)(H,23,25). The van der Waals surface area contributed by atoms with E-state index in [1.807, 2.05) is 39.0 Å². The quantitative estimate of drug-likeness (QED) is 0.848. The van der Waals surface area contributed by atoms with Gasteiger partial charge in [-0.3, -0.25) is 9.59 Å². The number of carbonyl (C=O) groups excluding carboxylic acids is 2. The summed E-state index contributed by atoms with van der Waals surface area (Å²) in [5, 5.41) is 6.36. The van der Waals surface area contributed by atoms with Crippen LogP contribution < -0.4 is 10.6 Å². The Kier molecular flexibility index (Phi) is 4.82. The van der Waals surface area contributed by atoms with Crippen molar-refractivity contribution in [3.05, 3.63) is 58.1 Å². The number of benzene rings is 2. The zero-order chi connectivity index (χ0) is 18.1. The lowest BCUT2D eigenvalue weighted by Crippen LogP contribution is -2.21. The van der Waals surface area contributed by atoms with Gasteiger partial charge >= 0.3 is 0 Å². The van der Waals surface area contributed by atoms with Crippen LogP contribution >= 0.6 is 11.6 Å². The average molecular weight is 357 g/mol. The second-order valence-electron chi connectivity index (χ2n) is 6.76. The predicted octanol–water partition coefficient (Wildman–Crippen LogP) is 4.48. The van der Waals surface area contributed by atoms with E-state index in [0.717, 1.165) is 22.4 Å². The summed E-state index contributed by atoms with van der Waals surface area (Å²) in [5.74, 6) is -0.802. The molecule has 25 heavy (non-hydrogen) atoms. The Morgan fingerprint density at radius 2 is 1.52 bits per heavy atom. The highest BCUT2D eigenvalue weighted by atomic mass is 35.5. The minimum atomic E-state index is -0.288. The Morgan fingerprint density at radius 1 is 0.920 bits per heavy atom. The van der Waals surface area contributed by atoms with Crippen molar-refractivity contribution >= 4 is 34.8 Å². The molecular weight excluding hydrogens is 336 g/mol. The van der Waals surface area contributed by atoms with Gasteiger partial charge in [-0.05, 0) is 68.1 Å². The molecular formula is C20H21ClN2O2. The van der Waals surface area contributed by atoms with Crippen molar-refractivity contribution in [2.24, 2.45) is 11.8 Å². The van der Waals surface area contributed by atoms with Gasteiger partial charge < -0.3 is 10.6 Å². The van der Waals surface area contributed by atoms with Gasteiger partial charge in [0.2, 0.25) is 11.8 Å². The first-order valence-corrected chi connectivity index (χ1v) is 8.67. The second kappa shape index (κ2) is 6.89. The Bertz CT molecular complexity index is 827. The number of anilines is 2. The number of rotatable bonds is 4. The SMILES string of the molecule is Cc1cc(C)cc(NC(=O)C2CC2C(=O)Nc2cc(Cl)ccc2C)c1. The van der Waals surface area contributed by atoms with Crippen LogP contribution in [0.15, 0.2) is 36.4 Å². The lowest BCUT2D eigenvalue weighted by atomic mass is 10.1. The number of hydrogen-bond acceptors (Lipinski definition) is 2. The fraction of sp³-hybridized carbons (Fsp3) is 0.300. The first-order chi connectivity index (χ1) is 11.8. The average Bonchev–Trinajstić information content (AvgIpc) is 3.30. The number of hydrogen-bond donors (Lipinski definition) is 2. The molecule has 2 N–H and O–H groups in total. The normalized spacial score (nSPS) is 18.6. The largest absolute Gasteiger partial charge is 0.326 e. The Balaban J connectivity index is 1.60. The molecule has 2 aromatic carbocycles. The van der Waals surface area contributed by atoms with Gasteiger partial charge in [0.25, 0.3) is 0 Å². The molecule has 2 atom stereocenters. The molecule has 3 rings (SSSR count). The highest BCUT2D eigenvalue weighted by molar-refractivity contribution is 6.31. The molecule has 1 saturated carbocycles. The molecule has 0 aliphatic heterocycles. The lowest BCUT2D eigenvalue weighted by Gasteiger charge is -2.09. The van der Waals surface area contributed by atoms with Gasteiger partial charge in [0.05, 0.1) is 11.8 Å². The van der Waals surface area contributed by atoms with Crippen LogP contribution in [0, 0.1) is 32.6 Å². The summed E-state index contributed by atoms with van der Waals surface area (Å²) in [5.41, 5.74) is 4.60. The highest BCUT2D eigenvalue weighted by Crippen LogP contribution is 2.40. The third-order valence-corrected chi connectivity index (χ3v) is 4.65. The summed E-state index contributed by atoms with van der Waals surface area (Å²) >= 11 is 5.97. The number of aryl methyl sites for hydroxylation is 3. The molecule has 2 amide bonds. The number of carbonyl (C=O) groups is 2. The van der Waals surface area contributed by atoms with E-state index >= 15 is 0 Å². The van der Waals surface area contributed by atoms with Crippen LogP contribution in [-0.4, -0.2) is 11.8 Å². The molecule has 0 radical (unpaired) electrons. The molecule has 1 fully saturated rings. The van der Waals surface area contributed by atoms with Crippen LogP contribution in [0.2, 0.25) is 5.02 Å². The monoisotopic (exact) mass is 356 g/mol. The third kappa shape index (κ3) is 4.20. The molecule has 0 heterocycles. The maximum absolute atomic E-state index is 12.4. The third-order valence-electron chi connectivity index (χ3n) is 4.41. The first-order valence-electron chi connectivity index (χ1n) is 8.29. The number of amides is 2. The van der Waals surface area contributed by atoms with Crippen LogP contribution in [-0.2, 0) is 9.59 Å². The molecule has 4 nitrogen and oxygen atoms in total. The maximum atomic E-state index is 12.4. The zero-order valence-corrected chi connectivity index (χ0v) is 15.3. The fourth-order valence-corrected chi connectivity index (χ4v) is 3.18. The van der Waals surface area contributed by atoms with Crippen molar-refractivity contribution in [2.45, 2.75) is 27.2 Å². The molecule has 0 aromatic heterocycles. The first kappa shape index (κ1) is 17.5. The van der Waals surface area contributed by atoms with E-state index in [-0.39, 0.29) is 23.7 Å². The van der Waals surface area contributed by atoms with E-state index in [9.17, 15) is 9.59 Å². The van der Waals surface area contributed by atoms with Crippen molar-refractivity contribution in [3.8, 4) is 0 Å². The highest BCUT2D eigenvalue weighted by Gasteiger charge is 2.48. The Morgan fingerprint density at radius 3 is 2.16 bits per heavy atom. The molecule has 2 aromatic rings. The van der Waals surface area contributed by atoms with E-state index in [4.69, 9.17) is 11.6 Å². The zero-order valence-electron chi connectivity index (χ0n) is 14.5. The summed E-state index contributed by atoms with van der Waals surface area (Å²) in [6.07, 6.45) is 0.572. The number of halogens is 1. The smallest absolute Gasteiger partial charge is 0.228 e. The lowest BCUT2D eigenvalue weighted by molar-refractivity contribution is -0.122. The number of nitrogens with one attached hydrogen (secondary N) is 2. The molecule has 0 spiro atoms. The van der Waals surface area contributed by atoms with Crippen LogP contribution in [0.4, 0.5) is 11.4 Å². The van der Waals surface area contributed by atoms with Gasteiger partial charge in [-0.1, -0.05) is 23.7 Å². The van der Waals surface area contributed by atoms with Crippen LogP contribution in [0.5, 0.6) is 0 Å². The van der Waals surface area contributed by atoms with Crippen LogP contribution in [0.1, 0.15) is 23.1 Å². The Labute approximate surface area is 152 Å². The second-order valence-corrected chi connectivity index (χ2v) is 7.20.